The van der Waals surface area contributed by atoms with Gasteiger partial charge in [0, 0.05) is 19.4 Å². The highest BCUT2D eigenvalue weighted by Gasteiger charge is 2.47. The maximum absolute atomic E-state index is 13.9. The molecule has 0 radical (unpaired) electrons. The van der Waals surface area contributed by atoms with Gasteiger partial charge < -0.3 is 15.5 Å². The lowest BCUT2D eigenvalue weighted by atomic mass is 9.96. The second kappa shape index (κ2) is 10.1. The van der Waals surface area contributed by atoms with Crippen molar-refractivity contribution < 1.29 is 22.9 Å². The first kappa shape index (κ1) is 24.4. The van der Waals surface area contributed by atoms with Crippen LogP contribution in [0.4, 0.5) is 19.0 Å². The van der Waals surface area contributed by atoms with E-state index in [0.29, 0.717) is 6.54 Å². The van der Waals surface area contributed by atoms with Crippen molar-refractivity contribution in [2.45, 2.75) is 51.9 Å². The van der Waals surface area contributed by atoms with Crippen LogP contribution in [0.25, 0.3) is 0 Å². The molecule has 176 valence electrons. The van der Waals surface area contributed by atoms with Crippen LogP contribution in [0.2, 0.25) is 5.02 Å². The second-order valence-corrected chi connectivity index (χ2v) is 8.55. The van der Waals surface area contributed by atoms with Crippen LogP contribution in [0, 0.1) is 6.92 Å². The van der Waals surface area contributed by atoms with E-state index in [0.717, 1.165) is 41.9 Å². The predicted molar refractivity (Wildman–Crippen MR) is 118 cm³/mol. The van der Waals surface area contributed by atoms with Crippen molar-refractivity contribution in [3.63, 3.8) is 0 Å². The Labute approximate surface area is 191 Å². The number of aryl methyl sites for hydroxylation is 1. The van der Waals surface area contributed by atoms with E-state index >= 15 is 0 Å². The summed E-state index contributed by atoms with van der Waals surface area (Å²) in [6, 6.07) is 4.82. The smallest absolute Gasteiger partial charge is 0.362 e. The van der Waals surface area contributed by atoms with E-state index in [1.807, 2.05) is 19.1 Å². The summed E-state index contributed by atoms with van der Waals surface area (Å²) in [6.45, 7) is 9.41. The summed E-state index contributed by atoms with van der Waals surface area (Å²) in [5.74, 6) is -0.551. The fourth-order valence-electron chi connectivity index (χ4n) is 3.98. The first-order chi connectivity index (χ1) is 15.2. The molecule has 2 heterocycles. The molecule has 0 fully saturated rings. The number of rotatable bonds is 8. The van der Waals surface area contributed by atoms with E-state index in [4.69, 9.17) is 11.6 Å². The third-order valence-electron chi connectivity index (χ3n) is 5.98. The number of hydrogen-bond acceptors (Lipinski definition) is 3. The fraction of sp³-hybridized carbons (Fsp3) is 0.545. The third kappa shape index (κ3) is 5.38. The molecule has 3 rings (SSSR count). The van der Waals surface area contributed by atoms with Gasteiger partial charge in [0.25, 0.3) is 5.91 Å². The fourth-order valence-corrected chi connectivity index (χ4v) is 4.24. The average molecular weight is 473 g/mol. The molecule has 32 heavy (non-hydrogen) atoms. The minimum absolute atomic E-state index is 0.0172. The van der Waals surface area contributed by atoms with Crippen molar-refractivity contribution in [1.29, 1.82) is 0 Å². The van der Waals surface area contributed by atoms with Gasteiger partial charge >= 0.3 is 6.18 Å². The molecule has 1 aliphatic heterocycles. The molecule has 1 aliphatic rings. The van der Waals surface area contributed by atoms with Crippen molar-refractivity contribution >= 4 is 23.3 Å². The Morgan fingerprint density at radius 2 is 1.94 bits per heavy atom. The average Bonchev–Trinajstić information content (AvgIpc) is 3.09. The van der Waals surface area contributed by atoms with Crippen LogP contribution < -0.4 is 15.5 Å². The topological polar surface area (TPSA) is 63.4 Å². The summed E-state index contributed by atoms with van der Waals surface area (Å²) in [5, 5.41) is 9.67. The highest BCUT2D eigenvalue weighted by molar-refractivity contribution is 6.36. The SMILES string of the molecule is CC[NH+](CC)CCCNC(=O)c1nn2c(c1Cl)N[C@H](c1ccc(C)cc1)C[C@@H]2C(F)(F)F. The van der Waals surface area contributed by atoms with Gasteiger partial charge in [0.05, 0.1) is 25.7 Å². The number of benzene rings is 1. The first-order valence-electron chi connectivity index (χ1n) is 10.9. The number of nitrogens with one attached hydrogen (secondary N) is 3. The Morgan fingerprint density at radius 1 is 1.28 bits per heavy atom. The van der Waals surface area contributed by atoms with Crippen LogP contribution in [0.5, 0.6) is 0 Å². The zero-order chi connectivity index (χ0) is 23.5. The summed E-state index contributed by atoms with van der Waals surface area (Å²) < 4.78 is 42.4. The summed E-state index contributed by atoms with van der Waals surface area (Å²) in [5.41, 5.74) is 1.54. The molecular weight excluding hydrogens is 443 g/mol. The highest BCUT2D eigenvalue weighted by atomic mass is 35.5. The second-order valence-electron chi connectivity index (χ2n) is 8.17. The number of hydrogen-bond donors (Lipinski definition) is 3. The van der Waals surface area contributed by atoms with Crippen molar-refractivity contribution in [3.8, 4) is 0 Å². The molecule has 0 unspecified atom stereocenters. The number of quaternary nitrogens is 1. The lowest BCUT2D eigenvalue weighted by Crippen LogP contribution is -3.11. The van der Waals surface area contributed by atoms with Crippen LogP contribution in [0.1, 0.15) is 60.4 Å². The molecule has 3 N–H and O–H groups in total. The van der Waals surface area contributed by atoms with E-state index in [-0.39, 0.29) is 23.0 Å². The van der Waals surface area contributed by atoms with Gasteiger partial charge in [-0.3, -0.25) is 4.79 Å². The maximum atomic E-state index is 13.9. The number of fused-ring (bicyclic) bond motifs is 1. The molecule has 0 bridgehead atoms. The highest BCUT2D eigenvalue weighted by Crippen LogP contribution is 2.46. The van der Waals surface area contributed by atoms with Gasteiger partial charge in [-0.15, -0.1) is 0 Å². The van der Waals surface area contributed by atoms with Gasteiger partial charge in [0.1, 0.15) is 10.8 Å². The zero-order valence-electron chi connectivity index (χ0n) is 18.5. The summed E-state index contributed by atoms with van der Waals surface area (Å²) in [7, 11) is 0. The Balaban J connectivity index is 1.80. The molecule has 1 aromatic heterocycles. The van der Waals surface area contributed by atoms with Crippen LogP contribution in [0.15, 0.2) is 24.3 Å². The Bertz CT molecular complexity index is 925. The molecule has 1 amide bonds. The summed E-state index contributed by atoms with van der Waals surface area (Å²) >= 11 is 6.36. The van der Waals surface area contributed by atoms with Gasteiger partial charge in [-0.25, -0.2) is 4.68 Å². The lowest BCUT2D eigenvalue weighted by molar-refractivity contribution is -0.896. The van der Waals surface area contributed by atoms with E-state index in [9.17, 15) is 18.0 Å². The van der Waals surface area contributed by atoms with Crippen molar-refractivity contribution in [1.82, 2.24) is 15.1 Å². The molecule has 0 saturated carbocycles. The molecule has 0 aliphatic carbocycles. The van der Waals surface area contributed by atoms with E-state index < -0.39 is 24.2 Å². The standard InChI is InChI=1S/C22H29ClF3N5O/c1-4-30(5-2)12-6-11-27-21(32)19-18(23)20-28-16(15-9-7-14(3)8-10-15)13-17(22(24,25)26)31(20)29-19/h7-10,16-17,28H,4-6,11-13H2,1-3H3,(H,27,32)/p+1/t16-,17+/m0/s1. The van der Waals surface area contributed by atoms with E-state index in [1.54, 1.807) is 12.1 Å². The van der Waals surface area contributed by atoms with E-state index in [2.05, 4.69) is 29.6 Å². The van der Waals surface area contributed by atoms with Crippen LogP contribution in [-0.4, -0.2) is 48.0 Å². The molecule has 0 saturated heterocycles. The number of anilines is 1. The largest absolute Gasteiger partial charge is 0.410 e. The van der Waals surface area contributed by atoms with Gasteiger partial charge in [0.2, 0.25) is 0 Å². The first-order valence-corrected chi connectivity index (χ1v) is 11.3. The Kier molecular flexibility index (Phi) is 7.71. The molecule has 10 heteroatoms. The Hall–Kier alpha value is -2.26. The van der Waals surface area contributed by atoms with Crippen molar-refractivity contribution in [2.75, 3.05) is 31.5 Å². The quantitative estimate of drug-likeness (QED) is 0.515. The number of aromatic nitrogens is 2. The molecular formula is C22H30ClF3N5O+. The van der Waals surface area contributed by atoms with Gasteiger partial charge in [0.15, 0.2) is 11.7 Å². The number of alkyl halides is 3. The van der Waals surface area contributed by atoms with Gasteiger partial charge in [-0.2, -0.15) is 18.3 Å². The minimum atomic E-state index is -4.53. The molecule has 6 nitrogen and oxygen atoms in total. The lowest BCUT2D eigenvalue weighted by Gasteiger charge is -2.33. The van der Waals surface area contributed by atoms with Crippen molar-refractivity contribution in [2.24, 2.45) is 0 Å². The number of halogens is 4. The number of carbonyl (C=O) groups excluding carboxylic acids is 1. The number of amides is 1. The normalized spacial score (nSPS) is 18.4. The van der Waals surface area contributed by atoms with E-state index in [1.165, 1.54) is 4.90 Å². The van der Waals surface area contributed by atoms with Crippen molar-refractivity contribution in [3.05, 3.63) is 46.1 Å². The van der Waals surface area contributed by atoms with Crippen LogP contribution >= 0.6 is 11.6 Å². The monoisotopic (exact) mass is 472 g/mol. The number of nitrogens with zero attached hydrogens (tertiary/aromatic N) is 2. The van der Waals surface area contributed by atoms with Gasteiger partial charge in [-0.1, -0.05) is 41.4 Å². The molecule has 2 aromatic rings. The molecule has 1 aromatic carbocycles. The number of carbonyl (C=O) groups is 1. The Morgan fingerprint density at radius 3 is 2.53 bits per heavy atom. The predicted octanol–water partition coefficient (Wildman–Crippen LogP) is 3.55. The third-order valence-corrected chi connectivity index (χ3v) is 6.34. The molecule has 0 spiro atoms. The summed E-state index contributed by atoms with van der Waals surface area (Å²) in [6.07, 6.45) is -4.02. The van der Waals surface area contributed by atoms with Crippen LogP contribution in [-0.2, 0) is 0 Å². The van der Waals surface area contributed by atoms with Crippen LogP contribution in [0.3, 0.4) is 0 Å². The maximum Gasteiger partial charge on any atom is 0.410 e. The zero-order valence-corrected chi connectivity index (χ0v) is 19.3. The minimum Gasteiger partial charge on any atom is -0.362 e. The molecule has 2 atom stereocenters. The summed E-state index contributed by atoms with van der Waals surface area (Å²) in [4.78, 5) is 14.0. The van der Waals surface area contributed by atoms with Gasteiger partial charge in [-0.05, 0) is 26.3 Å².